The minimum atomic E-state index is -4.68. The summed E-state index contributed by atoms with van der Waals surface area (Å²) in [6.45, 7) is 3.36. The van der Waals surface area contributed by atoms with Gasteiger partial charge in [-0.05, 0) is 79.2 Å². The number of thiophene rings is 1. The van der Waals surface area contributed by atoms with E-state index in [1.54, 1.807) is 62.4 Å². The van der Waals surface area contributed by atoms with Crippen molar-refractivity contribution >= 4 is 122 Å². The zero-order chi connectivity index (χ0) is 42.6. The predicted octanol–water partition coefficient (Wildman–Crippen LogP) is 12.7. The number of thiazole rings is 1. The second-order valence-electron chi connectivity index (χ2n) is 12.6. The Morgan fingerprint density at radius 3 is 2.23 bits per heavy atom. The molecule has 0 aliphatic rings. The molecule has 0 saturated heterocycles. The second-order valence-corrected chi connectivity index (χ2v) is 16.8. The van der Waals surface area contributed by atoms with Crippen molar-refractivity contribution in [1.29, 1.82) is 10.5 Å². The van der Waals surface area contributed by atoms with Gasteiger partial charge in [-0.2, -0.15) is 18.9 Å². The van der Waals surface area contributed by atoms with E-state index in [-0.39, 0.29) is 56.5 Å². The van der Waals surface area contributed by atoms with Crippen molar-refractivity contribution in [1.82, 2.24) is 9.97 Å². The van der Waals surface area contributed by atoms with Gasteiger partial charge >= 0.3 is 0 Å². The minimum absolute atomic E-state index is 0.0118. The standard InChI is InChI=1S/C40H27Cl2N11O4S3/c1-3-33(54)45-25-8-6-7-22(17-25)34-28(20-44)38(59-39(34)52-53-40-48-30-9-4-5-10-31(30)58-40)51-50-35-21(2)27(19-43)36(49-37(35)46-24-13-11-23(41)12-14-24)47-26-15-16-29(42)32(18-26)60(55,56)57/h4-18H,3H2,1-2H3,(H,45,54)(H2,46,47,49)(H,55,56,57). The van der Waals surface area contributed by atoms with Gasteiger partial charge in [0.05, 0.1) is 20.8 Å². The Morgan fingerprint density at radius 2 is 1.52 bits per heavy atom. The average Bonchev–Trinajstić information content (AvgIpc) is 3.81. The van der Waals surface area contributed by atoms with Crippen LogP contribution in [0.5, 0.6) is 0 Å². The van der Waals surface area contributed by atoms with E-state index in [0.29, 0.717) is 43.2 Å². The molecule has 0 fully saturated rings. The van der Waals surface area contributed by atoms with Gasteiger partial charge < -0.3 is 16.0 Å². The van der Waals surface area contributed by atoms with Gasteiger partial charge in [0.25, 0.3) is 10.1 Å². The maximum atomic E-state index is 12.3. The van der Waals surface area contributed by atoms with E-state index in [1.807, 2.05) is 24.3 Å². The Labute approximate surface area is 360 Å². The number of halogens is 2. The molecule has 0 radical (unpaired) electrons. The number of pyridine rings is 1. The van der Waals surface area contributed by atoms with Gasteiger partial charge in [0.1, 0.15) is 33.3 Å². The Balaban J connectivity index is 1.36. The third kappa shape index (κ3) is 9.14. The Morgan fingerprint density at radius 1 is 0.800 bits per heavy atom. The molecule has 0 aliphatic carbocycles. The molecule has 3 aromatic heterocycles. The third-order valence-corrected chi connectivity index (χ3v) is 12.1. The van der Waals surface area contributed by atoms with E-state index in [1.165, 1.54) is 23.5 Å². The molecule has 0 saturated carbocycles. The molecular formula is C40H27Cl2N11O4S3. The molecule has 3 heterocycles. The monoisotopic (exact) mass is 891 g/mol. The van der Waals surface area contributed by atoms with E-state index in [4.69, 9.17) is 23.2 Å². The number of nitrogens with zero attached hydrogens (tertiary/aromatic N) is 8. The highest BCUT2D eigenvalue weighted by atomic mass is 35.5. The molecule has 0 unspecified atom stereocenters. The summed E-state index contributed by atoms with van der Waals surface area (Å²) in [6.07, 6.45) is 0.266. The van der Waals surface area contributed by atoms with Crippen molar-refractivity contribution in [3.8, 4) is 23.3 Å². The summed E-state index contributed by atoms with van der Waals surface area (Å²) in [6, 6.07) is 29.4. The Kier molecular flexibility index (Phi) is 12.2. The summed E-state index contributed by atoms with van der Waals surface area (Å²) in [7, 11) is -4.68. The molecule has 7 aromatic rings. The van der Waals surface area contributed by atoms with Crippen LogP contribution >= 0.6 is 45.9 Å². The van der Waals surface area contributed by atoms with Crippen LogP contribution in [-0.4, -0.2) is 28.8 Å². The molecule has 1 amide bonds. The molecule has 0 atom stereocenters. The van der Waals surface area contributed by atoms with Crippen LogP contribution in [0.4, 0.5) is 49.5 Å². The van der Waals surface area contributed by atoms with Gasteiger partial charge in [-0.3, -0.25) is 9.35 Å². The summed E-state index contributed by atoms with van der Waals surface area (Å²) in [5, 5.41) is 49.2. The summed E-state index contributed by atoms with van der Waals surface area (Å²) >= 11 is 14.6. The van der Waals surface area contributed by atoms with Crippen LogP contribution in [0.25, 0.3) is 21.3 Å². The molecule has 0 aliphatic heterocycles. The lowest BCUT2D eigenvalue weighted by molar-refractivity contribution is -0.115. The summed E-state index contributed by atoms with van der Waals surface area (Å²) in [4.78, 5) is 20.9. The number of carbonyl (C=O) groups excluding carboxylic acids is 1. The van der Waals surface area contributed by atoms with Crippen LogP contribution in [0.2, 0.25) is 10.0 Å². The van der Waals surface area contributed by atoms with E-state index in [0.717, 1.165) is 27.6 Å². The highest BCUT2D eigenvalue weighted by Crippen LogP contribution is 2.49. The lowest BCUT2D eigenvalue weighted by Crippen LogP contribution is -2.09. The maximum Gasteiger partial charge on any atom is 0.296 e. The van der Waals surface area contributed by atoms with Crippen LogP contribution < -0.4 is 16.0 Å². The van der Waals surface area contributed by atoms with Crippen molar-refractivity contribution in [2.75, 3.05) is 16.0 Å². The summed E-state index contributed by atoms with van der Waals surface area (Å²) in [5.41, 5.74) is 3.50. The molecule has 4 N–H and O–H groups in total. The number of rotatable bonds is 12. The first-order valence-corrected chi connectivity index (χ1v) is 21.4. The molecule has 15 nitrogen and oxygen atoms in total. The fourth-order valence-electron chi connectivity index (χ4n) is 5.72. The highest BCUT2D eigenvalue weighted by Gasteiger charge is 2.24. The van der Waals surface area contributed by atoms with Gasteiger partial charge in [-0.1, -0.05) is 77.1 Å². The SMILES string of the molecule is CCC(=O)Nc1cccc(-c2c(N=Nc3nc4ccccc4s3)sc(N=Nc3c(Nc4ccc(Cl)cc4)nc(Nc4ccc(Cl)c(S(=O)(=O)O)c4)c(C#N)c3C)c2C#N)c1. The first-order chi connectivity index (χ1) is 28.8. The van der Waals surface area contributed by atoms with Crippen LogP contribution in [0.1, 0.15) is 30.0 Å². The number of nitriles is 2. The van der Waals surface area contributed by atoms with Crippen molar-refractivity contribution in [2.45, 2.75) is 25.2 Å². The molecule has 298 valence electrons. The topological polar surface area (TPSA) is 230 Å². The van der Waals surface area contributed by atoms with Gasteiger partial charge in [0.2, 0.25) is 11.0 Å². The molecule has 7 rings (SSSR count). The number of aromatic nitrogens is 2. The molecule has 4 aromatic carbocycles. The summed E-state index contributed by atoms with van der Waals surface area (Å²) in [5.74, 6) is -0.0589. The van der Waals surface area contributed by atoms with Gasteiger partial charge in [-0.15, -0.1) is 20.5 Å². The van der Waals surface area contributed by atoms with Crippen LogP contribution in [0.15, 0.2) is 116 Å². The summed E-state index contributed by atoms with van der Waals surface area (Å²) < 4.78 is 34.6. The number of anilines is 5. The molecule has 20 heteroatoms. The lowest BCUT2D eigenvalue weighted by Gasteiger charge is -2.16. The number of fused-ring (bicyclic) bond motifs is 1. The first kappa shape index (κ1) is 41.5. The van der Waals surface area contributed by atoms with E-state index < -0.39 is 15.0 Å². The normalized spacial score (nSPS) is 11.5. The molecule has 0 spiro atoms. The first-order valence-electron chi connectivity index (χ1n) is 17.5. The van der Waals surface area contributed by atoms with Crippen molar-refractivity contribution in [3.63, 3.8) is 0 Å². The highest BCUT2D eigenvalue weighted by molar-refractivity contribution is 7.86. The quantitative estimate of drug-likeness (QED) is 0.0669. The molecule has 60 heavy (non-hydrogen) atoms. The van der Waals surface area contributed by atoms with Crippen molar-refractivity contribution in [2.24, 2.45) is 20.5 Å². The lowest BCUT2D eigenvalue weighted by atomic mass is 10.0. The smallest absolute Gasteiger partial charge is 0.296 e. The van der Waals surface area contributed by atoms with Gasteiger partial charge in [-0.25, -0.2) is 9.97 Å². The number of hydrogen-bond acceptors (Lipinski definition) is 15. The zero-order valence-electron chi connectivity index (χ0n) is 31.1. The fraction of sp³-hybridized carbons (Fsp3) is 0.0750. The Bertz CT molecular complexity index is 3050. The van der Waals surface area contributed by atoms with E-state index in [2.05, 4.69) is 58.5 Å². The number of carbonyl (C=O) groups is 1. The van der Waals surface area contributed by atoms with Crippen LogP contribution in [0, 0.1) is 29.6 Å². The molecular weight excluding hydrogens is 866 g/mol. The number of azo groups is 2. The third-order valence-electron chi connectivity index (χ3n) is 8.59. The number of para-hydroxylation sites is 1. The predicted molar refractivity (Wildman–Crippen MR) is 234 cm³/mol. The Hall–Kier alpha value is -6.64. The van der Waals surface area contributed by atoms with E-state index in [9.17, 15) is 28.3 Å². The zero-order valence-corrected chi connectivity index (χ0v) is 35.1. The molecule has 0 bridgehead atoms. The maximum absolute atomic E-state index is 12.3. The van der Waals surface area contributed by atoms with Crippen molar-refractivity contribution < 1.29 is 17.8 Å². The second kappa shape index (κ2) is 17.7. The largest absolute Gasteiger partial charge is 0.339 e. The number of amides is 1. The minimum Gasteiger partial charge on any atom is -0.339 e. The van der Waals surface area contributed by atoms with Gasteiger partial charge in [0, 0.05) is 39.6 Å². The van der Waals surface area contributed by atoms with Crippen LogP contribution in [0.3, 0.4) is 0 Å². The van der Waals surface area contributed by atoms with Crippen molar-refractivity contribution in [3.05, 3.63) is 118 Å². The van der Waals surface area contributed by atoms with E-state index >= 15 is 0 Å². The van der Waals surface area contributed by atoms with Gasteiger partial charge in [0.15, 0.2) is 16.6 Å². The number of nitrogens with one attached hydrogen (secondary N) is 3. The fourth-order valence-corrected chi connectivity index (χ4v) is 8.56. The average molecular weight is 893 g/mol. The number of benzene rings is 4. The number of hydrogen-bond donors (Lipinski definition) is 4. The van der Waals surface area contributed by atoms with Crippen LogP contribution in [-0.2, 0) is 14.9 Å².